The highest BCUT2D eigenvalue weighted by molar-refractivity contribution is 5.55. The highest BCUT2D eigenvalue weighted by atomic mass is 16.5. The van der Waals surface area contributed by atoms with E-state index in [2.05, 4.69) is 46.9 Å². The van der Waals surface area contributed by atoms with Crippen molar-refractivity contribution in [3.63, 3.8) is 0 Å². The normalized spacial score (nSPS) is 18.9. The molecule has 0 radical (unpaired) electrons. The summed E-state index contributed by atoms with van der Waals surface area (Å²) in [6, 6.07) is 17.3. The maximum absolute atomic E-state index is 5.78. The largest absolute Gasteiger partial charge is 0.496 e. The minimum absolute atomic E-state index is 0.498. The number of rotatable bonds is 8. The molecule has 2 aromatic rings. The zero-order valence-electron chi connectivity index (χ0n) is 19.6. The molecule has 172 valence electrons. The molecule has 5 nitrogen and oxygen atoms in total. The van der Waals surface area contributed by atoms with E-state index in [0.29, 0.717) is 18.4 Å². The number of piperidine rings is 2. The first-order valence-electron chi connectivity index (χ1n) is 11.9. The fourth-order valence-electron chi connectivity index (χ4n) is 5.00. The molecule has 32 heavy (non-hydrogen) atoms. The molecule has 0 unspecified atom stereocenters. The van der Waals surface area contributed by atoms with Crippen LogP contribution in [0.3, 0.4) is 0 Å². The summed E-state index contributed by atoms with van der Waals surface area (Å²) < 4.78 is 11.5. The smallest absolute Gasteiger partial charge is 0.184 e. The molecule has 0 atom stereocenters. The maximum atomic E-state index is 5.78. The van der Waals surface area contributed by atoms with Gasteiger partial charge in [0, 0.05) is 17.8 Å². The van der Waals surface area contributed by atoms with Crippen LogP contribution in [-0.2, 0) is 11.3 Å². The number of anilines is 1. The maximum Gasteiger partial charge on any atom is 0.184 e. The van der Waals surface area contributed by atoms with E-state index in [1.54, 1.807) is 7.11 Å². The van der Waals surface area contributed by atoms with Gasteiger partial charge >= 0.3 is 0 Å². The molecule has 5 heteroatoms. The Morgan fingerprint density at radius 1 is 1.00 bits per heavy atom. The lowest BCUT2D eigenvalue weighted by Gasteiger charge is -2.41. The third-order valence-electron chi connectivity index (χ3n) is 6.95. The van der Waals surface area contributed by atoms with Gasteiger partial charge in [0.05, 0.1) is 7.11 Å². The Hall–Kier alpha value is -2.50. The van der Waals surface area contributed by atoms with Gasteiger partial charge in [-0.2, -0.15) is 0 Å². The van der Waals surface area contributed by atoms with E-state index in [-0.39, 0.29) is 0 Å². The molecule has 0 bridgehead atoms. The van der Waals surface area contributed by atoms with Crippen molar-refractivity contribution >= 4 is 5.69 Å². The molecular weight excluding hydrogens is 398 g/mol. The van der Waals surface area contributed by atoms with Crippen LogP contribution < -0.4 is 10.1 Å². The molecule has 0 amide bonds. The van der Waals surface area contributed by atoms with Crippen LogP contribution in [-0.4, -0.2) is 56.2 Å². The van der Waals surface area contributed by atoms with E-state index in [1.165, 1.54) is 57.4 Å². The van der Waals surface area contributed by atoms with Crippen LogP contribution in [0, 0.1) is 0 Å². The summed E-state index contributed by atoms with van der Waals surface area (Å²) in [6.45, 7) is 9.34. The van der Waals surface area contributed by atoms with Crippen molar-refractivity contribution in [1.29, 1.82) is 0 Å². The van der Waals surface area contributed by atoms with Crippen molar-refractivity contribution in [3.05, 3.63) is 72.1 Å². The summed E-state index contributed by atoms with van der Waals surface area (Å²) in [5.74, 6) is 2.04. The molecule has 2 saturated heterocycles. The van der Waals surface area contributed by atoms with Gasteiger partial charge in [0.2, 0.25) is 0 Å². The number of likely N-dealkylation sites (tertiary alicyclic amines) is 2. The Balaban J connectivity index is 1.31. The van der Waals surface area contributed by atoms with Crippen LogP contribution in [0.1, 0.15) is 42.7 Å². The van der Waals surface area contributed by atoms with Crippen LogP contribution in [0.25, 0.3) is 0 Å². The molecule has 2 aromatic carbocycles. The number of nitrogens with zero attached hydrogens (tertiary/aromatic N) is 2. The zero-order valence-corrected chi connectivity index (χ0v) is 19.6. The summed E-state index contributed by atoms with van der Waals surface area (Å²) in [6.07, 6.45) is 5.01. The van der Waals surface area contributed by atoms with Gasteiger partial charge in [0.15, 0.2) is 5.88 Å². The summed E-state index contributed by atoms with van der Waals surface area (Å²) in [7, 11) is 4.00. The van der Waals surface area contributed by atoms with Crippen molar-refractivity contribution < 1.29 is 9.47 Å². The summed E-state index contributed by atoms with van der Waals surface area (Å²) in [5, 5.41) is 3.26. The third-order valence-corrected chi connectivity index (χ3v) is 6.95. The van der Waals surface area contributed by atoms with Gasteiger partial charge in [-0.05, 0) is 88.6 Å². The van der Waals surface area contributed by atoms with E-state index in [9.17, 15) is 0 Å². The van der Waals surface area contributed by atoms with E-state index in [4.69, 9.17) is 9.47 Å². The molecule has 0 aromatic heterocycles. The van der Waals surface area contributed by atoms with Crippen molar-refractivity contribution in [3.8, 4) is 5.75 Å². The molecule has 2 heterocycles. The fourth-order valence-corrected chi connectivity index (χ4v) is 5.00. The number of hydrogen-bond acceptors (Lipinski definition) is 5. The number of nitrogens with one attached hydrogen (secondary N) is 1. The zero-order chi connectivity index (χ0) is 22.3. The molecule has 0 saturated carbocycles. The second-order valence-electron chi connectivity index (χ2n) is 9.12. The molecule has 4 rings (SSSR count). The van der Waals surface area contributed by atoms with Crippen LogP contribution in [0.15, 0.2) is 61.0 Å². The van der Waals surface area contributed by atoms with Crippen molar-refractivity contribution in [2.75, 3.05) is 45.7 Å². The van der Waals surface area contributed by atoms with Crippen LogP contribution >= 0.6 is 0 Å². The third kappa shape index (κ3) is 5.84. The van der Waals surface area contributed by atoms with Gasteiger partial charge in [0.25, 0.3) is 0 Å². The number of ether oxygens (including phenoxy) is 2. The molecule has 0 spiro atoms. The van der Waals surface area contributed by atoms with Gasteiger partial charge < -0.3 is 24.6 Å². The SMILES string of the molecule is C=C(Nc1ccc(C2CCN(C3CCN(C)CC3)CC2)c(OC)c1)OCc1ccccc1. The lowest BCUT2D eigenvalue weighted by atomic mass is 9.87. The standard InChI is InChI=1S/C27H37N3O2/c1-21(32-20-22-7-5-4-6-8-22)28-24-9-10-26(27(19-24)31-3)23-11-17-30(18-12-23)25-13-15-29(2)16-14-25/h4-10,19,23,25,28H,1,11-18,20H2,2-3H3. The second-order valence-corrected chi connectivity index (χ2v) is 9.12. The first-order valence-corrected chi connectivity index (χ1v) is 11.9. The van der Waals surface area contributed by atoms with Gasteiger partial charge in [-0.3, -0.25) is 0 Å². The van der Waals surface area contributed by atoms with E-state index in [1.807, 2.05) is 30.3 Å². The minimum Gasteiger partial charge on any atom is -0.496 e. The predicted molar refractivity (Wildman–Crippen MR) is 131 cm³/mol. The Morgan fingerprint density at radius 2 is 1.72 bits per heavy atom. The van der Waals surface area contributed by atoms with E-state index in [0.717, 1.165) is 23.0 Å². The number of methoxy groups -OCH3 is 1. The molecule has 2 fully saturated rings. The Labute approximate surface area is 193 Å². The average molecular weight is 436 g/mol. The quantitative estimate of drug-likeness (QED) is 0.586. The summed E-state index contributed by atoms with van der Waals surface area (Å²) in [5.41, 5.74) is 3.37. The fraction of sp³-hybridized carbons (Fsp3) is 0.481. The molecule has 2 aliphatic heterocycles. The topological polar surface area (TPSA) is 37.0 Å². The first-order chi connectivity index (χ1) is 15.6. The van der Waals surface area contributed by atoms with Gasteiger partial charge in [-0.1, -0.05) is 36.4 Å². The van der Waals surface area contributed by atoms with Crippen molar-refractivity contribution in [2.24, 2.45) is 0 Å². The summed E-state index contributed by atoms with van der Waals surface area (Å²) in [4.78, 5) is 5.17. The average Bonchev–Trinajstić information content (AvgIpc) is 2.84. The Bertz CT molecular complexity index is 870. The van der Waals surface area contributed by atoms with Crippen molar-refractivity contribution in [1.82, 2.24) is 9.80 Å². The monoisotopic (exact) mass is 435 g/mol. The molecule has 1 N–H and O–H groups in total. The highest BCUT2D eigenvalue weighted by Crippen LogP contribution is 2.37. The Kier molecular flexibility index (Phi) is 7.72. The lowest BCUT2D eigenvalue weighted by molar-refractivity contribution is 0.0963. The Morgan fingerprint density at radius 3 is 2.41 bits per heavy atom. The van der Waals surface area contributed by atoms with Gasteiger partial charge in [0.1, 0.15) is 12.4 Å². The minimum atomic E-state index is 0.498. The van der Waals surface area contributed by atoms with Crippen LogP contribution in [0.4, 0.5) is 5.69 Å². The molecular formula is C27H37N3O2. The highest BCUT2D eigenvalue weighted by Gasteiger charge is 2.29. The molecule has 2 aliphatic rings. The van der Waals surface area contributed by atoms with Gasteiger partial charge in [-0.25, -0.2) is 0 Å². The van der Waals surface area contributed by atoms with Crippen LogP contribution in [0.2, 0.25) is 0 Å². The first kappa shape index (κ1) is 22.7. The second kappa shape index (κ2) is 10.9. The van der Waals surface area contributed by atoms with E-state index < -0.39 is 0 Å². The van der Waals surface area contributed by atoms with Gasteiger partial charge in [-0.15, -0.1) is 0 Å². The van der Waals surface area contributed by atoms with Crippen LogP contribution in [0.5, 0.6) is 5.75 Å². The summed E-state index contributed by atoms with van der Waals surface area (Å²) >= 11 is 0. The van der Waals surface area contributed by atoms with E-state index >= 15 is 0 Å². The number of benzene rings is 2. The predicted octanol–water partition coefficient (Wildman–Crippen LogP) is 5.07. The van der Waals surface area contributed by atoms with Crippen molar-refractivity contribution in [2.45, 2.75) is 44.2 Å². The lowest BCUT2D eigenvalue weighted by Crippen LogP contribution is -2.46. The number of hydrogen-bond donors (Lipinski definition) is 1. The molecule has 0 aliphatic carbocycles.